The summed E-state index contributed by atoms with van der Waals surface area (Å²) in [5.74, 6) is 0. The maximum Gasteiger partial charge on any atom is 0.0973 e. The predicted molar refractivity (Wildman–Crippen MR) is 302 cm³/mol. The molecule has 0 radical (unpaired) electrons. The molecule has 0 saturated heterocycles. The zero-order valence-corrected chi connectivity index (χ0v) is 39.5. The second-order valence-electron chi connectivity index (χ2n) is 17.8. The molecule has 0 aliphatic rings. The van der Waals surface area contributed by atoms with E-state index in [9.17, 15) is 0 Å². The summed E-state index contributed by atoms with van der Waals surface area (Å²) in [6, 6.07) is 103. The van der Waals surface area contributed by atoms with E-state index in [1.807, 2.05) is 24.3 Å². The SMILES string of the molecule is c1ccc(-c2cccc(-c3ccccc3N(c3ccccc3)c3ccc(-c4nc5ccccc5nc4-c4ccc(N(c5ccccc5)c5ccccc5-c5cccc(-c6ccccc6)c5)cc4)cc3)c2)cc1. The van der Waals surface area contributed by atoms with E-state index in [0.717, 1.165) is 89.9 Å². The summed E-state index contributed by atoms with van der Waals surface area (Å²) < 4.78 is 0. The molecule has 1 aromatic heterocycles. The van der Waals surface area contributed by atoms with Gasteiger partial charge in [-0.3, -0.25) is 0 Å². The van der Waals surface area contributed by atoms with Crippen LogP contribution in [-0.4, -0.2) is 9.97 Å². The molecule has 0 fully saturated rings. The number of hydrogen-bond donors (Lipinski definition) is 0. The Morgan fingerprint density at radius 2 is 0.514 bits per heavy atom. The van der Waals surface area contributed by atoms with Crippen LogP contribution in [0.5, 0.6) is 0 Å². The number of anilines is 6. The Hall–Kier alpha value is -9.64. The number of nitrogens with zero attached hydrogens (tertiary/aromatic N) is 4. The fourth-order valence-corrected chi connectivity index (χ4v) is 9.77. The van der Waals surface area contributed by atoms with Crippen LogP contribution in [0.1, 0.15) is 0 Å². The first-order chi connectivity index (χ1) is 35.7. The van der Waals surface area contributed by atoms with E-state index < -0.39 is 0 Å². The summed E-state index contributed by atoms with van der Waals surface area (Å²) >= 11 is 0. The van der Waals surface area contributed by atoms with E-state index in [4.69, 9.17) is 9.97 Å². The van der Waals surface area contributed by atoms with Crippen molar-refractivity contribution in [1.29, 1.82) is 0 Å². The Morgan fingerprint density at radius 3 is 0.917 bits per heavy atom. The maximum atomic E-state index is 5.34. The zero-order chi connectivity index (χ0) is 48.1. The van der Waals surface area contributed by atoms with E-state index in [1.54, 1.807) is 0 Å². The van der Waals surface area contributed by atoms with Crippen LogP contribution < -0.4 is 9.80 Å². The number of para-hydroxylation sites is 6. The van der Waals surface area contributed by atoms with Gasteiger partial charge in [0.2, 0.25) is 0 Å². The number of rotatable bonds is 12. The molecule has 72 heavy (non-hydrogen) atoms. The van der Waals surface area contributed by atoms with Crippen LogP contribution in [-0.2, 0) is 0 Å². The molecule has 0 aliphatic carbocycles. The van der Waals surface area contributed by atoms with E-state index in [1.165, 1.54) is 22.3 Å². The van der Waals surface area contributed by atoms with Crippen LogP contribution in [0.15, 0.2) is 291 Å². The summed E-state index contributed by atoms with van der Waals surface area (Å²) in [5.41, 5.74) is 21.0. The highest BCUT2D eigenvalue weighted by molar-refractivity contribution is 5.93. The molecule has 0 aliphatic heterocycles. The van der Waals surface area contributed by atoms with Gasteiger partial charge in [0.05, 0.1) is 33.8 Å². The van der Waals surface area contributed by atoms with Gasteiger partial charge in [-0.1, -0.05) is 206 Å². The normalized spacial score (nSPS) is 11.1. The summed E-state index contributed by atoms with van der Waals surface area (Å²) in [6.07, 6.45) is 0. The molecule has 0 amide bonds. The average molecular weight is 921 g/mol. The first-order valence-electron chi connectivity index (χ1n) is 24.4. The van der Waals surface area contributed by atoms with Gasteiger partial charge in [-0.15, -0.1) is 0 Å². The van der Waals surface area contributed by atoms with Crippen molar-refractivity contribution in [3.63, 3.8) is 0 Å². The third kappa shape index (κ3) is 8.81. The second kappa shape index (κ2) is 19.8. The lowest BCUT2D eigenvalue weighted by Crippen LogP contribution is -2.11. The second-order valence-corrected chi connectivity index (χ2v) is 17.8. The molecule has 0 atom stereocenters. The van der Waals surface area contributed by atoms with Crippen molar-refractivity contribution in [3.8, 4) is 67.0 Å². The molecule has 11 aromatic carbocycles. The largest absolute Gasteiger partial charge is 0.310 e. The molecule has 4 heteroatoms. The Bertz CT molecular complexity index is 3530. The van der Waals surface area contributed by atoms with Crippen molar-refractivity contribution in [2.24, 2.45) is 0 Å². The fraction of sp³-hybridized carbons (Fsp3) is 0. The van der Waals surface area contributed by atoms with Crippen molar-refractivity contribution in [3.05, 3.63) is 291 Å². The first-order valence-corrected chi connectivity index (χ1v) is 24.4. The van der Waals surface area contributed by atoms with Gasteiger partial charge in [0.15, 0.2) is 0 Å². The van der Waals surface area contributed by atoms with Crippen LogP contribution in [0.4, 0.5) is 34.1 Å². The van der Waals surface area contributed by atoms with Gasteiger partial charge in [0, 0.05) is 45.0 Å². The molecule has 340 valence electrons. The van der Waals surface area contributed by atoms with Gasteiger partial charge < -0.3 is 9.80 Å². The minimum atomic E-state index is 0.820. The number of aromatic nitrogens is 2. The Balaban J connectivity index is 0.926. The van der Waals surface area contributed by atoms with E-state index in [-0.39, 0.29) is 0 Å². The molecule has 4 nitrogen and oxygen atoms in total. The lowest BCUT2D eigenvalue weighted by molar-refractivity contribution is 1.26. The molecule has 0 unspecified atom stereocenters. The maximum absolute atomic E-state index is 5.34. The zero-order valence-electron chi connectivity index (χ0n) is 39.5. The van der Waals surface area contributed by atoms with Crippen LogP contribution in [0, 0.1) is 0 Å². The van der Waals surface area contributed by atoms with Gasteiger partial charge in [-0.05, 0) is 118 Å². The number of hydrogen-bond acceptors (Lipinski definition) is 4. The molecular weight excluding hydrogens is 873 g/mol. The standard InChI is InChI=1S/C68H48N4/c1-5-21-49(22-6-1)53-25-19-27-55(47-53)61-33-13-17-37-65(61)71(57-29-9-3-10-30-57)59-43-39-51(40-44-59)67-68(70-64-36-16-15-35-63(64)69-67)52-41-45-60(46-42-52)72(58-31-11-4-12-32-58)66-38-18-14-34-62(66)56-28-20-26-54(48-56)50-23-7-2-8-24-50/h1-48H. The summed E-state index contributed by atoms with van der Waals surface area (Å²) in [5, 5.41) is 0. The third-order valence-corrected chi connectivity index (χ3v) is 13.2. The minimum Gasteiger partial charge on any atom is -0.310 e. The highest BCUT2D eigenvalue weighted by atomic mass is 15.1. The van der Waals surface area contributed by atoms with Crippen LogP contribution in [0.2, 0.25) is 0 Å². The minimum absolute atomic E-state index is 0.820. The quantitative estimate of drug-likeness (QED) is 0.122. The van der Waals surface area contributed by atoms with Crippen LogP contribution in [0.3, 0.4) is 0 Å². The summed E-state index contributed by atoms with van der Waals surface area (Å²) in [7, 11) is 0. The van der Waals surface area contributed by atoms with Crippen molar-refractivity contribution in [2.45, 2.75) is 0 Å². The molecule has 12 aromatic rings. The van der Waals surface area contributed by atoms with Crippen molar-refractivity contribution < 1.29 is 0 Å². The smallest absolute Gasteiger partial charge is 0.0973 e. The van der Waals surface area contributed by atoms with Gasteiger partial charge in [0.1, 0.15) is 0 Å². The van der Waals surface area contributed by atoms with Crippen molar-refractivity contribution >= 4 is 45.2 Å². The van der Waals surface area contributed by atoms with Crippen molar-refractivity contribution in [1.82, 2.24) is 9.97 Å². The van der Waals surface area contributed by atoms with Crippen molar-refractivity contribution in [2.75, 3.05) is 9.80 Å². The topological polar surface area (TPSA) is 32.3 Å². The summed E-state index contributed by atoms with van der Waals surface area (Å²) in [6.45, 7) is 0. The monoisotopic (exact) mass is 920 g/mol. The molecule has 0 bridgehead atoms. The van der Waals surface area contributed by atoms with E-state index in [0.29, 0.717) is 0 Å². The molecule has 1 heterocycles. The number of benzene rings is 11. The lowest BCUT2D eigenvalue weighted by Gasteiger charge is -2.28. The third-order valence-electron chi connectivity index (χ3n) is 13.2. The molecule has 0 saturated carbocycles. The Morgan fingerprint density at radius 1 is 0.208 bits per heavy atom. The van der Waals surface area contributed by atoms with Crippen LogP contribution in [0.25, 0.3) is 78.1 Å². The Kier molecular flexibility index (Phi) is 12.0. The lowest BCUT2D eigenvalue weighted by atomic mass is 9.97. The van der Waals surface area contributed by atoms with Gasteiger partial charge in [-0.2, -0.15) is 0 Å². The highest BCUT2D eigenvalue weighted by Crippen LogP contribution is 2.45. The van der Waals surface area contributed by atoms with E-state index in [2.05, 4.69) is 277 Å². The predicted octanol–water partition coefficient (Wildman–Crippen LogP) is 18.6. The average Bonchev–Trinajstić information content (AvgIpc) is 3.47. The van der Waals surface area contributed by atoms with Gasteiger partial charge in [-0.25, -0.2) is 9.97 Å². The highest BCUT2D eigenvalue weighted by Gasteiger charge is 2.21. The molecule has 0 spiro atoms. The molecule has 0 N–H and O–H groups in total. The molecule has 12 rings (SSSR count). The Labute approximate surface area is 421 Å². The van der Waals surface area contributed by atoms with E-state index >= 15 is 0 Å². The fourth-order valence-electron chi connectivity index (χ4n) is 9.77. The number of fused-ring (bicyclic) bond motifs is 1. The first kappa shape index (κ1) is 43.6. The van der Waals surface area contributed by atoms with Gasteiger partial charge >= 0.3 is 0 Å². The molecular formula is C68H48N4. The summed E-state index contributed by atoms with van der Waals surface area (Å²) in [4.78, 5) is 15.4. The van der Waals surface area contributed by atoms with Gasteiger partial charge in [0.25, 0.3) is 0 Å². The van der Waals surface area contributed by atoms with Crippen LogP contribution >= 0.6 is 0 Å².